The zero-order valence-corrected chi connectivity index (χ0v) is 38.0. The fraction of sp³-hybridized carbons (Fsp3) is 0.936. The van der Waals surface area contributed by atoms with Gasteiger partial charge < -0.3 is 20.1 Å². The average molecular weight is 816 g/mol. The number of ether oxygens (including phenoxy) is 2. The Morgan fingerprint density at radius 2 is 0.893 bits per heavy atom. The predicted octanol–water partition coefficient (Wildman–Crippen LogP) is 14.6. The van der Waals surface area contributed by atoms with Crippen molar-refractivity contribution in [2.24, 2.45) is 5.73 Å². The van der Waals surface area contributed by atoms with Crippen LogP contribution in [0.4, 0.5) is 0 Å². The van der Waals surface area contributed by atoms with Crippen LogP contribution >= 0.6 is 7.82 Å². The van der Waals surface area contributed by atoms with Crippen LogP contribution in [0.1, 0.15) is 245 Å². The van der Waals surface area contributed by atoms with Gasteiger partial charge in [0, 0.05) is 19.6 Å². The maximum atomic E-state index is 12.6. The molecule has 334 valence electrons. The summed E-state index contributed by atoms with van der Waals surface area (Å²) >= 11 is 0. The zero-order valence-electron chi connectivity index (χ0n) is 37.1. The maximum absolute atomic E-state index is 12.6. The van der Waals surface area contributed by atoms with E-state index in [1.54, 1.807) is 0 Å². The fourth-order valence-corrected chi connectivity index (χ4v) is 7.88. The van der Waals surface area contributed by atoms with Crippen molar-refractivity contribution < 1.29 is 32.8 Å². The Bertz CT molecular complexity index is 873. The second kappa shape index (κ2) is 45.3. The van der Waals surface area contributed by atoms with Gasteiger partial charge in [-0.1, -0.05) is 212 Å². The van der Waals surface area contributed by atoms with Gasteiger partial charge in [-0.2, -0.15) is 0 Å². The number of hydrogen-bond donors (Lipinski definition) is 2. The Kier molecular flexibility index (Phi) is 44.7. The number of nitrogens with two attached hydrogens (primary N) is 1. The van der Waals surface area contributed by atoms with E-state index in [1.807, 2.05) is 0 Å². The molecule has 0 radical (unpaired) electrons. The van der Waals surface area contributed by atoms with Crippen molar-refractivity contribution in [1.29, 1.82) is 0 Å². The van der Waals surface area contributed by atoms with Gasteiger partial charge in [0.15, 0.2) is 0 Å². The average Bonchev–Trinajstić information content (AvgIpc) is 3.19. The van der Waals surface area contributed by atoms with E-state index in [4.69, 9.17) is 24.3 Å². The molecule has 0 saturated heterocycles. The molecule has 0 aliphatic rings. The molecule has 0 aliphatic heterocycles. The summed E-state index contributed by atoms with van der Waals surface area (Å²) in [5, 5.41) is 0. The van der Waals surface area contributed by atoms with Crippen LogP contribution in [0.5, 0.6) is 0 Å². The lowest BCUT2D eigenvalue weighted by Crippen LogP contribution is -2.28. The quantitative estimate of drug-likeness (QED) is 0.0270. The SMILES string of the molecule is CCCCCC/C=C\CCCCCCCCOCC(COP(=O)(O)OCCN)OC(=O)CCCCCCCCCCCCCCCCCCCCCCCCC. The highest BCUT2D eigenvalue weighted by atomic mass is 31.2. The van der Waals surface area contributed by atoms with Gasteiger partial charge in [0.05, 0.1) is 19.8 Å². The zero-order chi connectivity index (χ0) is 40.9. The molecule has 0 amide bonds. The van der Waals surface area contributed by atoms with Gasteiger partial charge >= 0.3 is 13.8 Å². The van der Waals surface area contributed by atoms with Crippen LogP contribution in [0.3, 0.4) is 0 Å². The number of hydrogen-bond acceptors (Lipinski definition) is 7. The molecule has 0 fully saturated rings. The molecule has 0 aliphatic carbocycles. The summed E-state index contributed by atoms with van der Waals surface area (Å²) in [4.78, 5) is 22.5. The molecule has 2 unspecified atom stereocenters. The van der Waals surface area contributed by atoms with Crippen molar-refractivity contribution in [3.05, 3.63) is 12.2 Å². The molecule has 0 rings (SSSR count). The van der Waals surface area contributed by atoms with Crippen molar-refractivity contribution in [3.63, 3.8) is 0 Å². The summed E-state index contributed by atoms with van der Waals surface area (Å²) in [5.74, 6) is -0.326. The van der Waals surface area contributed by atoms with Gasteiger partial charge in [0.2, 0.25) is 0 Å². The third kappa shape index (κ3) is 44.3. The molecule has 9 heteroatoms. The smallest absolute Gasteiger partial charge is 0.457 e. The van der Waals surface area contributed by atoms with Crippen LogP contribution in [0.15, 0.2) is 12.2 Å². The van der Waals surface area contributed by atoms with Crippen molar-refractivity contribution >= 4 is 13.8 Å². The fourth-order valence-electron chi connectivity index (χ4n) is 7.11. The number of unbranched alkanes of at least 4 members (excludes halogenated alkanes) is 32. The highest BCUT2D eigenvalue weighted by Gasteiger charge is 2.25. The topological polar surface area (TPSA) is 117 Å². The molecule has 3 N–H and O–H groups in total. The molecule has 56 heavy (non-hydrogen) atoms. The Balaban J connectivity index is 3.89. The molecule has 0 spiro atoms. The summed E-state index contributed by atoms with van der Waals surface area (Å²) in [5.41, 5.74) is 5.38. The highest BCUT2D eigenvalue weighted by molar-refractivity contribution is 7.47. The van der Waals surface area contributed by atoms with E-state index < -0.39 is 13.9 Å². The monoisotopic (exact) mass is 816 g/mol. The van der Waals surface area contributed by atoms with Crippen LogP contribution in [0, 0.1) is 0 Å². The number of allylic oxidation sites excluding steroid dienone is 2. The highest BCUT2D eigenvalue weighted by Crippen LogP contribution is 2.43. The maximum Gasteiger partial charge on any atom is 0.472 e. The lowest BCUT2D eigenvalue weighted by molar-refractivity contribution is -0.154. The number of rotatable bonds is 47. The lowest BCUT2D eigenvalue weighted by atomic mass is 10.0. The van der Waals surface area contributed by atoms with E-state index in [9.17, 15) is 14.3 Å². The Morgan fingerprint density at radius 3 is 1.32 bits per heavy atom. The van der Waals surface area contributed by atoms with Crippen LogP contribution in [-0.4, -0.2) is 49.9 Å². The van der Waals surface area contributed by atoms with Crippen molar-refractivity contribution in [2.45, 2.75) is 251 Å². The van der Waals surface area contributed by atoms with Crippen molar-refractivity contribution in [1.82, 2.24) is 0 Å². The molecule has 0 aromatic heterocycles. The number of carbonyl (C=O) groups is 1. The minimum Gasteiger partial charge on any atom is -0.457 e. The second-order valence-corrected chi connectivity index (χ2v) is 17.8. The van der Waals surface area contributed by atoms with Gasteiger partial charge in [-0.25, -0.2) is 4.57 Å². The molecule has 0 heterocycles. The largest absolute Gasteiger partial charge is 0.472 e. The molecule has 8 nitrogen and oxygen atoms in total. The summed E-state index contributed by atoms with van der Waals surface area (Å²) < 4.78 is 33.5. The first-order valence-electron chi connectivity index (χ1n) is 24.2. The third-order valence-corrected chi connectivity index (χ3v) is 11.7. The summed E-state index contributed by atoms with van der Waals surface area (Å²) in [6.45, 7) is 4.95. The second-order valence-electron chi connectivity index (χ2n) is 16.3. The van der Waals surface area contributed by atoms with E-state index >= 15 is 0 Å². The van der Waals surface area contributed by atoms with E-state index in [1.165, 1.54) is 193 Å². The Hall–Kier alpha value is -0.760. The van der Waals surface area contributed by atoms with E-state index in [0.29, 0.717) is 13.0 Å². The molecule has 0 bridgehead atoms. The molecule has 2 atom stereocenters. The van der Waals surface area contributed by atoms with E-state index in [-0.39, 0.29) is 32.3 Å². The number of carbonyl (C=O) groups excluding carboxylic acids is 1. The van der Waals surface area contributed by atoms with Gasteiger partial charge in [-0.15, -0.1) is 0 Å². The summed E-state index contributed by atoms with van der Waals surface area (Å²) in [6.07, 6.45) is 49.6. The summed E-state index contributed by atoms with van der Waals surface area (Å²) in [6, 6.07) is 0. The van der Waals surface area contributed by atoms with Gasteiger partial charge in [0.25, 0.3) is 0 Å². The Labute approximate surface area is 347 Å². The lowest BCUT2D eigenvalue weighted by Gasteiger charge is -2.20. The third-order valence-electron chi connectivity index (χ3n) is 10.7. The molecular formula is C47H94NO7P. The van der Waals surface area contributed by atoms with Gasteiger partial charge in [-0.05, 0) is 38.5 Å². The normalized spacial score (nSPS) is 13.4. The Morgan fingerprint density at radius 1 is 0.518 bits per heavy atom. The number of phosphoric acid groups is 1. The number of phosphoric ester groups is 1. The standard InChI is InChI=1S/C47H94NO7P/c1-3-5-7-9-11-13-15-17-19-20-21-22-23-24-25-26-27-28-30-32-34-36-38-40-47(49)55-46(45-54-56(50,51)53-43-41-48)44-52-42-39-37-35-33-31-29-18-16-14-12-10-8-6-4-2/h14,16,46H,3-13,15,17-45,48H2,1-2H3,(H,50,51)/b16-14-. The van der Waals surface area contributed by atoms with Crippen LogP contribution in [0.25, 0.3) is 0 Å². The minimum atomic E-state index is -4.27. The first kappa shape index (κ1) is 55.2. The van der Waals surface area contributed by atoms with Crippen LogP contribution in [0.2, 0.25) is 0 Å². The molecule has 0 aromatic rings. The van der Waals surface area contributed by atoms with Crippen molar-refractivity contribution in [3.8, 4) is 0 Å². The van der Waals surface area contributed by atoms with Gasteiger partial charge in [0.1, 0.15) is 6.10 Å². The summed E-state index contributed by atoms with van der Waals surface area (Å²) in [7, 11) is -4.27. The minimum absolute atomic E-state index is 0.0932. The molecule has 0 aromatic carbocycles. The van der Waals surface area contributed by atoms with E-state index in [0.717, 1.165) is 32.1 Å². The number of esters is 1. The van der Waals surface area contributed by atoms with E-state index in [2.05, 4.69) is 26.0 Å². The van der Waals surface area contributed by atoms with Gasteiger partial charge in [-0.3, -0.25) is 13.8 Å². The first-order chi connectivity index (χ1) is 27.4. The predicted molar refractivity (Wildman–Crippen MR) is 238 cm³/mol. The van der Waals surface area contributed by atoms with Crippen molar-refractivity contribution in [2.75, 3.05) is 33.0 Å². The van der Waals surface area contributed by atoms with Crippen LogP contribution < -0.4 is 5.73 Å². The molecular weight excluding hydrogens is 721 g/mol. The first-order valence-corrected chi connectivity index (χ1v) is 25.7. The van der Waals surface area contributed by atoms with Crippen LogP contribution in [-0.2, 0) is 27.9 Å². The molecule has 0 saturated carbocycles.